The summed E-state index contributed by atoms with van der Waals surface area (Å²) >= 11 is 0. The van der Waals surface area contributed by atoms with Crippen molar-refractivity contribution in [1.29, 1.82) is 0 Å². The summed E-state index contributed by atoms with van der Waals surface area (Å²) in [4.78, 5) is 139. The summed E-state index contributed by atoms with van der Waals surface area (Å²) in [6.07, 6.45) is 13.6. The molecule has 1 heterocycles. The van der Waals surface area contributed by atoms with E-state index < -0.39 is 94.1 Å². The van der Waals surface area contributed by atoms with Crippen molar-refractivity contribution < 1.29 is 47.9 Å². The van der Waals surface area contributed by atoms with Crippen molar-refractivity contribution in [3.8, 4) is 0 Å². The van der Waals surface area contributed by atoms with Gasteiger partial charge in [0.05, 0.1) is 0 Å². The highest BCUT2D eigenvalue weighted by atomic mass is 16.2. The van der Waals surface area contributed by atoms with Gasteiger partial charge < -0.3 is 58.1 Å². The third-order valence-electron chi connectivity index (χ3n) is 15.0. The van der Waals surface area contributed by atoms with E-state index in [0.717, 1.165) is 64.2 Å². The van der Waals surface area contributed by atoms with Crippen LogP contribution in [-0.4, -0.2) is 144 Å². The van der Waals surface area contributed by atoms with Crippen molar-refractivity contribution in [1.82, 2.24) is 58.1 Å². The number of hydrogen-bond acceptors (Lipinski definition) is 11. The number of nitrogens with zero attached hydrogens (tertiary/aromatic N) is 1. The zero-order chi connectivity index (χ0) is 60.4. The lowest BCUT2D eigenvalue weighted by molar-refractivity contribution is -0.141. The van der Waals surface area contributed by atoms with Gasteiger partial charge in [0.2, 0.25) is 59.1 Å². The smallest absolute Gasteiger partial charge is 0.246 e. The molecule has 6 atom stereocenters. The average molecular weight is 1130 g/mol. The molecule has 458 valence electrons. The lowest BCUT2D eigenvalue weighted by Crippen LogP contribution is -2.66. The van der Waals surface area contributed by atoms with Gasteiger partial charge in [0.15, 0.2) is 0 Å². The average Bonchev–Trinajstić information content (AvgIpc) is 3.87. The molecule has 2 fully saturated rings. The topological polar surface area (TPSA) is 294 Å². The summed E-state index contributed by atoms with van der Waals surface area (Å²) in [6.45, 7) is 23.5. The third kappa shape index (κ3) is 25.2. The molecule has 0 bridgehead atoms. The Hall–Kier alpha value is -5.34. The number of likely N-dealkylation sites (tertiary alicyclic amines) is 1. The van der Waals surface area contributed by atoms with Gasteiger partial charge in [0.25, 0.3) is 0 Å². The Morgan fingerprint density at radius 1 is 0.525 bits per heavy atom. The first-order chi connectivity index (χ1) is 37.5. The van der Waals surface area contributed by atoms with E-state index in [1.54, 1.807) is 11.9 Å². The van der Waals surface area contributed by atoms with Crippen LogP contribution in [0.4, 0.5) is 0 Å². The molecule has 0 unspecified atom stereocenters. The van der Waals surface area contributed by atoms with Gasteiger partial charge in [-0.05, 0) is 118 Å². The van der Waals surface area contributed by atoms with Gasteiger partial charge in [-0.2, -0.15) is 0 Å². The Bertz CT molecular complexity index is 2040. The van der Waals surface area contributed by atoms with Crippen LogP contribution in [0.1, 0.15) is 218 Å². The fourth-order valence-corrected chi connectivity index (χ4v) is 10.2. The molecule has 0 aromatic carbocycles. The Morgan fingerprint density at radius 2 is 1.06 bits per heavy atom. The molecular weight excluding hydrogens is 1020 g/mol. The maximum atomic E-state index is 14.4. The minimum atomic E-state index is -1.62. The van der Waals surface area contributed by atoms with E-state index in [2.05, 4.69) is 60.1 Å². The second-order valence-corrected chi connectivity index (χ2v) is 25.1. The molecule has 1 saturated heterocycles. The van der Waals surface area contributed by atoms with Crippen molar-refractivity contribution in [2.75, 3.05) is 26.7 Å². The van der Waals surface area contributed by atoms with Crippen LogP contribution in [0.25, 0.3) is 0 Å². The van der Waals surface area contributed by atoms with Crippen LogP contribution in [0.15, 0.2) is 0 Å². The van der Waals surface area contributed by atoms with Crippen LogP contribution in [0.2, 0.25) is 0 Å². The molecule has 1 saturated carbocycles. The first-order valence-electron chi connectivity index (χ1n) is 30.2. The highest BCUT2D eigenvalue weighted by Gasteiger charge is 2.42. The van der Waals surface area contributed by atoms with Crippen LogP contribution in [0.3, 0.4) is 0 Å². The van der Waals surface area contributed by atoms with E-state index >= 15 is 0 Å². The summed E-state index contributed by atoms with van der Waals surface area (Å²) < 4.78 is 0. The summed E-state index contributed by atoms with van der Waals surface area (Å²) in [5.41, 5.74) is -4.76. The molecule has 0 radical (unpaired) electrons. The molecule has 2 aliphatic rings. The Morgan fingerprint density at radius 3 is 1.64 bits per heavy atom. The van der Waals surface area contributed by atoms with E-state index in [4.69, 9.17) is 0 Å². The summed E-state index contributed by atoms with van der Waals surface area (Å²) in [5, 5.41) is 28.4. The summed E-state index contributed by atoms with van der Waals surface area (Å²) in [5.74, 6) is -4.98. The number of hydrogen-bond donors (Lipinski definition) is 10. The van der Waals surface area contributed by atoms with Gasteiger partial charge >= 0.3 is 0 Å². The lowest BCUT2D eigenvalue weighted by Gasteiger charge is -2.35. The van der Waals surface area contributed by atoms with Crippen LogP contribution in [0.5, 0.6) is 0 Å². The van der Waals surface area contributed by atoms with Gasteiger partial charge in [-0.3, -0.25) is 47.9 Å². The minimum Gasteiger partial charge on any atom is -0.354 e. The van der Waals surface area contributed by atoms with Gasteiger partial charge in [-0.15, -0.1) is 0 Å². The SMILES string of the molecule is CCCCCCCC[C@H](NC(=O)C(C)(C)NC(=O)C(C)(C)NC(=O)[C@H](CC1CCCCC1)NC(=O)[C@@H]1CCCN1C(=O)CCC)C(=O)N[C@@H](CC(C)C)C(=O)NC(C)(C)C(=O)N[C@@H](CC(C)C)C(=O)NCCC(=O)N[C@@H](C)CNC. The molecule has 2 rings (SSSR count). The summed E-state index contributed by atoms with van der Waals surface area (Å²) in [6, 6.07) is -5.00. The molecule has 0 aromatic heterocycles. The zero-order valence-electron chi connectivity index (χ0n) is 51.5. The predicted molar refractivity (Wildman–Crippen MR) is 311 cm³/mol. The fourth-order valence-electron chi connectivity index (χ4n) is 10.2. The standard InChI is InChI=1S/C59H107N11O10/c1-15-17-18-19-20-24-29-42(50(74)63-44(35-39(5)6)51(75)67-57(8,9)54(78)66-43(34-38(3)4)49(73)61-32-31-47(71)62-40(7)37-60-14)65-55(79)58(10,11)69-56(80)59(12,13)68-52(76)45(36-41-27-22-21-23-28-41)64-53(77)46-30-25-33-70(46)48(72)26-16-2/h38-46,60H,15-37H2,1-14H3,(H,61,73)(H,62,71)(H,63,74)(H,64,77)(H,65,79)(H,66,78)(H,67,75)(H,68,76)(H,69,80)/t40-,42-,43-,44-,45-,46-/m0/s1. The van der Waals surface area contributed by atoms with Crippen molar-refractivity contribution in [2.24, 2.45) is 17.8 Å². The first kappa shape index (κ1) is 70.8. The van der Waals surface area contributed by atoms with E-state index in [1.807, 2.05) is 41.5 Å². The van der Waals surface area contributed by atoms with Crippen LogP contribution >= 0.6 is 0 Å². The molecule has 0 aromatic rings. The van der Waals surface area contributed by atoms with Gasteiger partial charge in [-0.25, -0.2) is 0 Å². The highest BCUT2D eigenvalue weighted by Crippen LogP contribution is 2.28. The molecule has 10 amide bonds. The van der Waals surface area contributed by atoms with Crippen molar-refractivity contribution in [2.45, 2.75) is 271 Å². The maximum absolute atomic E-state index is 14.4. The zero-order valence-corrected chi connectivity index (χ0v) is 51.5. The maximum Gasteiger partial charge on any atom is 0.246 e. The molecule has 10 N–H and O–H groups in total. The number of likely N-dealkylation sites (N-methyl/N-ethyl adjacent to an activating group) is 1. The van der Waals surface area contributed by atoms with Crippen LogP contribution in [-0.2, 0) is 47.9 Å². The third-order valence-corrected chi connectivity index (χ3v) is 15.0. The summed E-state index contributed by atoms with van der Waals surface area (Å²) in [7, 11) is 1.78. The normalized spacial score (nSPS) is 17.1. The van der Waals surface area contributed by atoms with E-state index in [1.165, 1.54) is 41.5 Å². The number of rotatable bonds is 36. The van der Waals surface area contributed by atoms with Crippen LogP contribution < -0.4 is 53.2 Å². The molecule has 21 heteroatoms. The second kappa shape index (κ2) is 34.8. The number of nitrogens with one attached hydrogen (secondary N) is 10. The molecule has 1 aliphatic heterocycles. The highest BCUT2D eigenvalue weighted by molar-refractivity contribution is 6.00. The molecule has 21 nitrogen and oxygen atoms in total. The molecule has 80 heavy (non-hydrogen) atoms. The monoisotopic (exact) mass is 1130 g/mol. The van der Waals surface area contributed by atoms with E-state index in [9.17, 15) is 47.9 Å². The number of carbonyl (C=O) groups is 10. The van der Waals surface area contributed by atoms with Gasteiger partial charge in [0, 0.05) is 38.5 Å². The van der Waals surface area contributed by atoms with Crippen molar-refractivity contribution in [3.05, 3.63) is 0 Å². The van der Waals surface area contributed by atoms with E-state index in [0.29, 0.717) is 51.6 Å². The minimum absolute atomic E-state index is 0.000868. The van der Waals surface area contributed by atoms with Gasteiger partial charge in [-0.1, -0.05) is 112 Å². The van der Waals surface area contributed by atoms with Crippen molar-refractivity contribution >= 4 is 59.1 Å². The lowest BCUT2D eigenvalue weighted by atomic mass is 9.84. The number of carbonyl (C=O) groups excluding carboxylic acids is 10. The fraction of sp³-hybridized carbons (Fsp3) is 0.831. The van der Waals surface area contributed by atoms with Crippen LogP contribution in [0, 0.1) is 17.8 Å². The molecular formula is C59H107N11O10. The molecule has 1 aliphatic carbocycles. The number of amides is 10. The predicted octanol–water partition coefficient (Wildman–Crippen LogP) is 4.44. The first-order valence-corrected chi connectivity index (χ1v) is 30.2. The second-order valence-electron chi connectivity index (χ2n) is 25.1. The van der Waals surface area contributed by atoms with E-state index in [-0.39, 0.29) is 67.8 Å². The Balaban J connectivity index is 2.28. The largest absolute Gasteiger partial charge is 0.354 e. The van der Waals surface area contributed by atoms with Crippen molar-refractivity contribution in [3.63, 3.8) is 0 Å². The van der Waals surface area contributed by atoms with Gasteiger partial charge in [0.1, 0.15) is 46.8 Å². The quantitative estimate of drug-likeness (QED) is 0.0391. The Labute approximate surface area is 479 Å². The molecule has 0 spiro atoms. The Kier molecular flexibility index (Phi) is 30.8. The number of unbranched alkanes of at least 4 members (excludes halogenated alkanes) is 5.